The molecule has 0 spiro atoms. The van der Waals surface area contributed by atoms with Crippen molar-refractivity contribution in [2.75, 3.05) is 32.7 Å². The molecular formula is C21H26N4O2. The molecule has 1 saturated heterocycles. The first-order chi connectivity index (χ1) is 13.2. The number of pyridine rings is 1. The predicted molar refractivity (Wildman–Crippen MR) is 104 cm³/mol. The van der Waals surface area contributed by atoms with Gasteiger partial charge in [0.1, 0.15) is 5.69 Å². The molecule has 27 heavy (non-hydrogen) atoms. The number of carbonyl (C=O) groups excluding carboxylic acids is 2. The summed E-state index contributed by atoms with van der Waals surface area (Å²) < 4.78 is 0. The Morgan fingerprint density at radius 1 is 1.07 bits per heavy atom. The van der Waals surface area contributed by atoms with E-state index in [4.69, 9.17) is 0 Å². The number of aromatic nitrogens is 1. The minimum atomic E-state index is -0.237. The van der Waals surface area contributed by atoms with Crippen LogP contribution in [-0.2, 0) is 6.54 Å². The summed E-state index contributed by atoms with van der Waals surface area (Å²) in [5.74, 6) is -0.277. The second-order valence-corrected chi connectivity index (χ2v) is 6.74. The maximum absolute atomic E-state index is 12.8. The molecule has 2 heterocycles. The fourth-order valence-electron chi connectivity index (χ4n) is 3.15. The molecule has 0 radical (unpaired) electrons. The zero-order valence-electron chi connectivity index (χ0n) is 15.7. The summed E-state index contributed by atoms with van der Waals surface area (Å²) in [5.41, 5.74) is 2.09. The van der Waals surface area contributed by atoms with Gasteiger partial charge in [0.25, 0.3) is 11.8 Å². The molecule has 2 aromatic rings. The zero-order valence-corrected chi connectivity index (χ0v) is 15.7. The quantitative estimate of drug-likeness (QED) is 0.851. The molecule has 1 aliphatic heterocycles. The number of benzene rings is 1. The van der Waals surface area contributed by atoms with Crippen molar-refractivity contribution in [1.82, 2.24) is 20.1 Å². The van der Waals surface area contributed by atoms with Crippen LogP contribution in [0.1, 0.15) is 39.8 Å². The van der Waals surface area contributed by atoms with Crippen molar-refractivity contribution in [2.24, 2.45) is 0 Å². The normalized spacial score (nSPS) is 14.8. The molecule has 2 amide bonds. The zero-order chi connectivity index (χ0) is 19.1. The molecule has 0 unspecified atom stereocenters. The Labute approximate surface area is 160 Å². The van der Waals surface area contributed by atoms with Crippen molar-refractivity contribution < 1.29 is 9.59 Å². The first kappa shape index (κ1) is 19.0. The number of amides is 2. The first-order valence-electron chi connectivity index (χ1n) is 9.47. The Kier molecular flexibility index (Phi) is 6.54. The average molecular weight is 366 g/mol. The van der Waals surface area contributed by atoms with E-state index in [1.807, 2.05) is 30.0 Å². The summed E-state index contributed by atoms with van der Waals surface area (Å²) in [4.78, 5) is 33.2. The molecule has 0 saturated carbocycles. The highest BCUT2D eigenvalue weighted by Gasteiger charge is 2.23. The SMILES string of the molecule is CCCNC(=O)c1cc(C(=O)N2CCN(Cc3ccccc3)CC2)ccn1. The number of nitrogens with one attached hydrogen (secondary N) is 1. The smallest absolute Gasteiger partial charge is 0.269 e. The van der Waals surface area contributed by atoms with Crippen LogP contribution in [-0.4, -0.2) is 59.3 Å². The van der Waals surface area contributed by atoms with Crippen LogP contribution in [0.25, 0.3) is 0 Å². The van der Waals surface area contributed by atoms with Crippen LogP contribution < -0.4 is 5.32 Å². The van der Waals surface area contributed by atoms with Crippen LogP contribution >= 0.6 is 0 Å². The van der Waals surface area contributed by atoms with Crippen molar-refractivity contribution in [1.29, 1.82) is 0 Å². The third-order valence-corrected chi connectivity index (χ3v) is 4.68. The van der Waals surface area contributed by atoms with Gasteiger partial charge in [-0.25, -0.2) is 0 Å². The molecule has 1 aromatic heterocycles. The fraction of sp³-hybridized carbons (Fsp3) is 0.381. The van der Waals surface area contributed by atoms with E-state index in [9.17, 15) is 9.59 Å². The van der Waals surface area contributed by atoms with Gasteiger partial charge in [-0.2, -0.15) is 0 Å². The van der Waals surface area contributed by atoms with Gasteiger partial charge in [-0.1, -0.05) is 37.3 Å². The summed E-state index contributed by atoms with van der Waals surface area (Å²) in [6, 6.07) is 13.6. The van der Waals surface area contributed by atoms with Crippen LogP contribution in [0.4, 0.5) is 0 Å². The molecule has 0 atom stereocenters. The largest absolute Gasteiger partial charge is 0.351 e. The lowest BCUT2D eigenvalue weighted by molar-refractivity contribution is 0.0628. The molecule has 1 N–H and O–H groups in total. The van der Waals surface area contributed by atoms with E-state index in [0.29, 0.717) is 25.2 Å². The van der Waals surface area contributed by atoms with Gasteiger partial charge in [0.05, 0.1) is 0 Å². The number of carbonyl (C=O) groups is 2. The monoisotopic (exact) mass is 366 g/mol. The Morgan fingerprint density at radius 3 is 2.52 bits per heavy atom. The fourth-order valence-corrected chi connectivity index (χ4v) is 3.15. The third kappa shape index (κ3) is 5.14. The summed E-state index contributed by atoms with van der Waals surface area (Å²) >= 11 is 0. The van der Waals surface area contributed by atoms with Crippen LogP contribution in [0, 0.1) is 0 Å². The minimum absolute atomic E-state index is 0.0405. The lowest BCUT2D eigenvalue weighted by Crippen LogP contribution is -2.48. The summed E-state index contributed by atoms with van der Waals surface area (Å²) in [6.07, 6.45) is 2.39. The molecule has 6 heteroatoms. The van der Waals surface area contributed by atoms with Crippen LogP contribution in [0.5, 0.6) is 0 Å². The van der Waals surface area contributed by atoms with Gasteiger partial charge < -0.3 is 10.2 Å². The van der Waals surface area contributed by atoms with Crippen LogP contribution in [0.2, 0.25) is 0 Å². The second kappa shape index (κ2) is 9.28. The van der Waals surface area contributed by atoms with Gasteiger partial charge >= 0.3 is 0 Å². The van der Waals surface area contributed by atoms with E-state index in [-0.39, 0.29) is 17.5 Å². The highest BCUT2D eigenvalue weighted by atomic mass is 16.2. The Bertz CT molecular complexity index is 771. The van der Waals surface area contributed by atoms with E-state index in [1.165, 1.54) is 11.8 Å². The topological polar surface area (TPSA) is 65.5 Å². The summed E-state index contributed by atoms with van der Waals surface area (Å²) in [5, 5.41) is 2.79. The molecule has 1 aromatic carbocycles. The van der Waals surface area contributed by atoms with Gasteiger partial charge in [0, 0.05) is 51.0 Å². The second-order valence-electron chi connectivity index (χ2n) is 6.74. The lowest BCUT2D eigenvalue weighted by atomic mass is 10.1. The van der Waals surface area contributed by atoms with E-state index >= 15 is 0 Å². The van der Waals surface area contributed by atoms with Gasteiger partial charge in [0.15, 0.2) is 0 Å². The van der Waals surface area contributed by atoms with Crippen molar-refractivity contribution in [2.45, 2.75) is 19.9 Å². The van der Waals surface area contributed by atoms with Crippen molar-refractivity contribution >= 4 is 11.8 Å². The van der Waals surface area contributed by atoms with Crippen LogP contribution in [0.15, 0.2) is 48.7 Å². The average Bonchev–Trinajstić information content (AvgIpc) is 2.73. The van der Waals surface area contributed by atoms with E-state index in [1.54, 1.807) is 12.1 Å². The minimum Gasteiger partial charge on any atom is -0.351 e. The van der Waals surface area contributed by atoms with Crippen molar-refractivity contribution in [3.63, 3.8) is 0 Å². The van der Waals surface area contributed by atoms with Gasteiger partial charge in [-0.3, -0.25) is 19.5 Å². The molecule has 0 aliphatic carbocycles. The Hall–Kier alpha value is -2.73. The molecule has 3 rings (SSSR count). The van der Waals surface area contributed by atoms with Crippen molar-refractivity contribution in [3.05, 3.63) is 65.5 Å². The summed E-state index contributed by atoms with van der Waals surface area (Å²) in [7, 11) is 0. The Balaban J connectivity index is 1.57. The number of hydrogen-bond acceptors (Lipinski definition) is 4. The maximum Gasteiger partial charge on any atom is 0.269 e. The van der Waals surface area contributed by atoms with Gasteiger partial charge in [-0.15, -0.1) is 0 Å². The highest BCUT2D eigenvalue weighted by molar-refractivity contribution is 5.98. The number of rotatable bonds is 6. The van der Waals surface area contributed by atoms with Crippen LogP contribution in [0.3, 0.4) is 0 Å². The number of hydrogen-bond donors (Lipinski definition) is 1. The standard InChI is InChI=1S/C21H26N4O2/c1-2-9-23-20(26)19-15-18(8-10-22-19)21(27)25-13-11-24(12-14-25)16-17-6-4-3-5-7-17/h3-8,10,15H,2,9,11-14,16H2,1H3,(H,23,26). The highest BCUT2D eigenvalue weighted by Crippen LogP contribution is 2.12. The predicted octanol–water partition coefficient (Wildman–Crippen LogP) is 2.18. The van der Waals surface area contributed by atoms with Crippen molar-refractivity contribution in [3.8, 4) is 0 Å². The third-order valence-electron chi connectivity index (χ3n) is 4.68. The number of piperazine rings is 1. The first-order valence-corrected chi connectivity index (χ1v) is 9.47. The molecule has 0 bridgehead atoms. The van der Waals surface area contributed by atoms with E-state index in [0.717, 1.165) is 26.1 Å². The molecule has 6 nitrogen and oxygen atoms in total. The molecule has 1 fully saturated rings. The molecule has 1 aliphatic rings. The molecular weight excluding hydrogens is 340 g/mol. The van der Waals surface area contributed by atoms with E-state index in [2.05, 4.69) is 27.3 Å². The lowest BCUT2D eigenvalue weighted by Gasteiger charge is -2.34. The van der Waals surface area contributed by atoms with Gasteiger partial charge in [-0.05, 0) is 24.1 Å². The maximum atomic E-state index is 12.8. The number of nitrogens with zero attached hydrogens (tertiary/aromatic N) is 3. The van der Waals surface area contributed by atoms with E-state index < -0.39 is 0 Å². The van der Waals surface area contributed by atoms with Gasteiger partial charge in [0.2, 0.25) is 0 Å². The molecule has 142 valence electrons. The Morgan fingerprint density at radius 2 is 1.81 bits per heavy atom. The summed E-state index contributed by atoms with van der Waals surface area (Å²) in [6.45, 7) is 6.55.